The maximum absolute atomic E-state index is 12.2. The van der Waals surface area contributed by atoms with Crippen LogP contribution in [0.25, 0.3) is 0 Å². The third-order valence-electron chi connectivity index (χ3n) is 2.93. The molecule has 0 aliphatic rings. The number of carbonyl (C=O) groups excluding carboxylic acids is 2. The van der Waals surface area contributed by atoms with Gasteiger partial charge in [-0.3, -0.25) is 9.59 Å². The molecule has 0 spiro atoms. The Balaban J connectivity index is 2.90. The lowest BCUT2D eigenvalue weighted by Gasteiger charge is -2.14. The van der Waals surface area contributed by atoms with Crippen molar-refractivity contribution >= 4 is 37.8 Å². The first-order valence-corrected chi connectivity index (χ1v) is 9.20. The molecular formula is C14H20BrN3O4S. The van der Waals surface area contributed by atoms with E-state index in [9.17, 15) is 18.0 Å². The number of hydrogen-bond donors (Lipinski definition) is 2. The fourth-order valence-corrected chi connectivity index (χ4v) is 3.47. The second-order valence-electron chi connectivity index (χ2n) is 4.97. The third-order valence-corrected chi connectivity index (χ3v) is 5.74. The van der Waals surface area contributed by atoms with Crippen molar-refractivity contribution in [3.63, 3.8) is 0 Å². The van der Waals surface area contributed by atoms with Gasteiger partial charge in [0.1, 0.15) is 0 Å². The largest absolute Gasteiger partial charge is 0.355 e. The van der Waals surface area contributed by atoms with Gasteiger partial charge in [-0.15, -0.1) is 0 Å². The van der Waals surface area contributed by atoms with Crippen LogP contribution in [0.4, 0.5) is 0 Å². The molecule has 23 heavy (non-hydrogen) atoms. The van der Waals surface area contributed by atoms with Crippen LogP contribution in [0, 0.1) is 0 Å². The fraction of sp³-hybridized carbons (Fsp3) is 0.429. The molecule has 0 saturated carbocycles. The normalized spacial score (nSPS) is 11.3. The van der Waals surface area contributed by atoms with Gasteiger partial charge in [0.15, 0.2) is 0 Å². The predicted molar refractivity (Wildman–Crippen MR) is 90.6 cm³/mol. The zero-order valence-corrected chi connectivity index (χ0v) is 15.6. The highest BCUT2D eigenvalue weighted by Crippen LogP contribution is 2.25. The van der Waals surface area contributed by atoms with Crippen molar-refractivity contribution in [3.05, 3.63) is 28.2 Å². The number of amides is 2. The highest BCUT2D eigenvalue weighted by molar-refractivity contribution is 9.10. The van der Waals surface area contributed by atoms with Gasteiger partial charge in [-0.05, 0) is 40.5 Å². The van der Waals surface area contributed by atoms with Crippen LogP contribution in [0.1, 0.15) is 23.7 Å². The molecule has 2 N–H and O–H groups in total. The Labute approximate surface area is 144 Å². The van der Waals surface area contributed by atoms with Crippen LogP contribution in [0.3, 0.4) is 0 Å². The number of nitrogens with one attached hydrogen (secondary N) is 2. The van der Waals surface area contributed by atoms with Crippen molar-refractivity contribution < 1.29 is 18.0 Å². The van der Waals surface area contributed by atoms with Crippen molar-refractivity contribution in [1.82, 2.24) is 14.9 Å². The molecule has 1 rings (SSSR count). The summed E-state index contributed by atoms with van der Waals surface area (Å²) in [5, 5.41) is 5.10. The highest BCUT2D eigenvalue weighted by atomic mass is 79.9. The fourth-order valence-electron chi connectivity index (χ4n) is 1.63. The third kappa shape index (κ3) is 5.29. The van der Waals surface area contributed by atoms with Crippen LogP contribution >= 0.6 is 15.9 Å². The van der Waals surface area contributed by atoms with E-state index in [0.29, 0.717) is 11.0 Å². The molecule has 1 aromatic carbocycles. The van der Waals surface area contributed by atoms with E-state index in [4.69, 9.17) is 0 Å². The number of carbonyl (C=O) groups is 2. The maximum atomic E-state index is 12.2. The average molecular weight is 406 g/mol. The number of sulfonamides is 1. The standard InChI is InChI=1S/C14H20BrN3O4S/c1-4-7-16-13(19)9-17-14(20)10-5-6-11(15)12(8-10)23(21,22)18(2)3/h5-6,8H,4,7,9H2,1-3H3,(H,16,19)(H,17,20). The molecular weight excluding hydrogens is 386 g/mol. The number of halogens is 1. The lowest BCUT2D eigenvalue weighted by Crippen LogP contribution is -2.37. The second-order valence-corrected chi connectivity index (χ2v) is 7.94. The minimum atomic E-state index is -3.68. The summed E-state index contributed by atoms with van der Waals surface area (Å²) in [6.45, 7) is 2.30. The molecule has 0 saturated heterocycles. The summed E-state index contributed by atoms with van der Waals surface area (Å²) in [5.74, 6) is -0.808. The maximum Gasteiger partial charge on any atom is 0.251 e. The van der Waals surface area contributed by atoms with Crippen molar-refractivity contribution in [1.29, 1.82) is 0 Å². The molecule has 0 aliphatic heterocycles. The van der Waals surface area contributed by atoms with Gasteiger partial charge >= 0.3 is 0 Å². The zero-order chi connectivity index (χ0) is 17.6. The van der Waals surface area contributed by atoms with Crippen LogP contribution in [-0.4, -0.2) is 51.7 Å². The lowest BCUT2D eigenvalue weighted by molar-refractivity contribution is -0.120. The van der Waals surface area contributed by atoms with Gasteiger partial charge in [-0.25, -0.2) is 12.7 Å². The molecule has 0 unspecified atom stereocenters. The van der Waals surface area contributed by atoms with Gasteiger partial charge in [-0.1, -0.05) is 6.92 Å². The van der Waals surface area contributed by atoms with Gasteiger partial charge in [-0.2, -0.15) is 0 Å². The Kier molecular flexibility index (Phi) is 7.17. The molecule has 0 radical (unpaired) electrons. The van der Waals surface area contributed by atoms with Crippen LogP contribution in [0.5, 0.6) is 0 Å². The van der Waals surface area contributed by atoms with E-state index in [1.165, 1.54) is 32.3 Å². The van der Waals surface area contributed by atoms with Gasteiger partial charge in [0.25, 0.3) is 5.91 Å². The summed E-state index contributed by atoms with van der Waals surface area (Å²) in [6.07, 6.45) is 0.804. The molecule has 0 atom stereocenters. The molecule has 1 aromatic rings. The summed E-state index contributed by atoms with van der Waals surface area (Å²) in [7, 11) is -0.861. The van der Waals surface area contributed by atoms with Gasteiger partial charge in [0.05, 0.1) is 11.4 Å². The monoisotopic (exact) mass is 405 g/mol. The van der Waals surface area contributed by atoms with Gasteiger partial charge in [0, 0.05) is 30.7 Å². The molecule has 128 valence electrons. The molecule has 0 heterocycles. The van der Waals surface area contributed by atoms with Crippen LogP contribution in [0.15, 0.2) is 27.6 Å². The van der Waals surface area contributed by atoms with E-state index in [1.54, 1.807) is 0 Å². The van der Waals surface area contributed by atoms with E-state index in [-0.39, 0.29) is 22.9 Å². The van der Waals surface area contributed by atoms with Gasteiger partial charge < -0.3 is 10.6 Å². The molecule has 9 heteroatoms. The summed E-state index contributed by atoms with van der Waals surface area (Å²) in [6, 6.07) is 4.25. The second kappa shape index (κ2) is 8.42. The minimum absolute atomic E-state index is 0.00872. The van der Waals surface area contributed by atoms with E-state index in [1.807, 2.05) is 6.92 Å². The minimum Gasteiger partial charge on any atom is -0.355 e. The summed E-state index contributed by atoms with van der Waals surface area (Å²) in [5.41, 5.74) is 0.164. The number of nitrogens with zero attached hydrogens (tertiary/aromatic N) is 1. The first-order chi connectivity index (χ1) is 10.7. The van der Waals surface area contributed by atoms with Crippen molar-refractivity contribution in [2.75, 3.05) is 27.2 Å². The quantitative estimate of drug-likeness (QED) is 0.705. The van der Waals surface area contributed by atoms with E-state index < -0.39 is 15.9 Å². The predicted octanol–water partition coefficient (Wildman–Crippen LogP) is 0.955. The summed E-state index contributed by atoms with van der Waals surface area (Å²) < 4.78 is 25.9. The van der Waals surface area contributed by atoms with E-state index in [2.05, 4.69) is 26.6 Å². The first-order valence-electron chi connectivity index (χ1n) is 6.97. The smallest absolute Gasteiger partial charge is 0.251 e. The van der Waals surface area contributed by atoms with Crippen molar-refractivity contribution in [2.45, 2.75) is 18.2 Å². The van der Waals surface area contributed by atoms with Crippen molar-refractivity contribution in [2.24, 2.45) is 0 Å². The SMILES string of the molecule is CCCNC(=O)CNC(=O)c1ccc(Br)c(S(=O)(=O)N(C)C)c1. The first kappa shape index (κ1) is 19.6. The molecule has 0 aromatic heterocycles. The molecule has 0 aliphatic carbocycles. The zero-order valence-electron chi connectivity index (χ0n) is 13.2. The number of hydrogen-bond acceptors (Lipinski definition) is 4. The van der Waals surface area contributed by atoms with Crippen LogP contribution in [0.2, 0.25) is 0 Å². The Morgan fingerprint density at radius 3 is 2.43 bits per heavy atom. The van der Waals surface area contributed by atoms with Gasteiger partial charge in [0.2, 0.25) is 15.9 Å². The number of benzene rings is 1. The summed E-state index contributed by atoms with van der Waals surface area (Å²) >= 11 is 3.17. The highest BCUT2D eigenvalue weighted by Gasteiger charge is 2.22. The Hall–Kier alpha value is -1.45. The molecule has 0 bridgehead atoms. The Morgan fingerprint density at radius 2 is 1.87 bits per heavy atom. The molecule has 0 fully saturated rings. The average Bonchev–Trinajstić information content (AvgIpc) is 2.50. The lowest BCUT2D eigenvalue weighted by atomic mass is 10.2. The Morgan fingerprint density at radius 1 is 1.22 bits per heavy atom. The van der Waals surface area contributed by atoms with E-state index >= 15 is 0 Å². The molecule has 2 amide bonds. The van der Waals surface area contributed by atoms with Crippen LogP contribution < -0.4 is 10.6 Å². The molecule has 7 nitrogen and oxygen atoms in total. The summed E-state index contributed by atoms with van der Waals surface area (Å²) in [4.78, 5) is 23.5. The van der Waals surface area contributed by atoms with Crippen molar-refractivity contribution in [3.8, 4) is 0 Å². The number of rotatable bonds is 7. The van der Waals surface area contributed by atoms with E-state index in [0.717, 1.165) is 10.7 Å². The Bertz CT molecular complexity index is 689. The van der Waals surface area contributed by atoms with Crippen LogP contribution in [-0.2, 0) is 14.8 Å². The topological polar surface area (TPSA) is 95.6 Å².